The first-order valence-corrected chi connectivity index (χ1v) is 9.36. The van der Waals surface area contributed by atoms with Gasteiger partial charge in [-0.3, -0.25) is 9.98 Å². The van der Waals surface area contributed by atoms with Crippen molar-refractivity contribution < 1.29 is 0 Å². The van der Waals surface area contributed by atoms with E-state index in [2.05, 4.69) is 38.5 Å². The molecule has 1 aromatic rings. The monoisotopic (exact) mass is 331 g/mol. The van der Waals surface area contributed by atoms with Crippen LogP contribution in [0, 0.1) is 6.92 Å². The Morgan fingerprint density at radius 2 is 1.92 bits per heavy atom. The minimum atomic E-state index is 0.886. The van der Waals surface area contributed by atoms with Gasteiger partial charge < -0.3 is 15.5 Å². The van der Waals surface area contributed by atoms with Crippen LogP contribution in [0.5, 0.6) is 0 Å². The van der Waals surface area contributed by atoms with Crippen LogP contribution in [0.1, 0.15) is 43.2 Å². The molecule has 2 rings (SSSR count). The van der Waals surface area contributed by atoms with Crippen LogP contribution in [0.25, 0.3) is 0 Å². The summed E-state index contributed by atoms with van der Waals surface area (Å²) in [5.41, 5.74) is 2.59. The smallest absolute Gasteiger partial charge is 0.190 e. The summed E-state index contributed by atoms with van der Waals surface area (Å²) in [6.45, 7) is 7.72. The molecule has 5 nitrogen and oxygen atoms in total. The number of likely N-dealkylation sites (tertiary alicyclic amines) is 1. The summed E-state index contributed by atoms with van der Waals surface area (Å²) in [7, 11) is 1.84. The van der Waals surface area contributed by atoms with E-state index < -0.39 is 0 Å². The molecule has 0 unspecified atom stereocenters. The van der Waals surface area contributed by atoms with Crippen LogP contribution < -0.4 is 10.6 Å². The number of aryl methyl sites for hydroxylation is 1. The summed E-state index contributed by atoms with van der Waals surface area (Å²) in [6, 6.07) is 2.09. The Kier molecular flexibility index (Phi) is 8.60. The highest BCUT2D eigenvalue weighted by molar-refractivity contribution is 5.79. The molecule has 0 bridgehead atoms. The minimum Gasteiger partial charge on any atom is -0.356 e. The zero-order valence-corrected chi connectivity index (χ0v) is 15.4. The Labute approximate surface area is 147 Å². The van der Waals surface area contributed by atoms with Gasteiger partial charge in [0.15, 0.2) is 5.96 Å². The highest BCUT2D eigenvalue weighted by Gasteiger charge is 2.08. The van der Waals surface area contributed by atoms with Gasteiger partial charge >= 0.3 is 0 Å². The van der Waals surface area contributed by atoms with Gasteiger partial charge in [0.1, 0.15) is 0 Å². The van der Waals surface area contributed by atoms with Gasteiger partial charge in [0, 0.05) is 32.5 Å². The molecule has 0 spiro atoms. The summed E-state index contributed by atoms with van der Waals surface area (Å²) in [4.78, 5) is 11.1. The Balaban J connectivity index is 1.59. The number of nitrogens with zero attached hydrogens (tertiary/aromatic N) is 3. The zero-order valence-electron chi connectivity index (χ0n) is 15.4. The van der Waals surface area contributed by atoms with Gasteiger partial charge in [0.25, 0.3) is 0 Å². The molecule has 0 amide bonds. The van der Waals surface area contributed by atoms with E-state index in [4.69, 9.17) is 0 Å². The van der Waals surface area contributed by atoms with Crippen molar-refractivity contribution in [1.29, 1.82) is 0 Å². The first-order chi connectivity index (χ1) is 11.8. The van der Waals surface area contributed by atoms with Gasteiger partial charge in [-0.25, -0.2) is 0 Å². The third kappa shape index (κ3) is 6.87. The van der Waals surface area contributed by atoms with E-state index in [0.717, 1.165) is 25.5 Å². The molecule has 134 valence electrons. The number of rotatable bonds is 7. The van der Waals surface area contributed by atoms with Crippen molar-refractivity contribution in [3.63, 3.8) is 0 Å². The largest absolute Gasteiger partial charge is 0.356 e. The molecule has 1 aliphatic heterocycles. The number of aromatic nitrogens is 1. The van der Waals surface area contributed by atoms with Gasteiger partial charge in [0.05, 0.1) is 0 Å². The van der Waals surface area contributed by atoms with Gasteiger partial charge in [-0.15, -0.1) is 0 Å². The molecule has 1 aromatic heterocycles. The topological polar surface area (TPSA) is 52.6 Å². The molecule has 1 aliphatic rings. The van der Waals surface area contributed by atoms with Gasteiger partial charge in [0.2, 0.25) is 0 Å². The van der Waals surface area contributed by atoms with Crippen molar-refractivity contribution in [2.24, 2.45) is 4.99 Å². The number of hydrogen-bond acceptors (Lipinski definition) is 3. The maximum Gasteiger partial charge on any atom is 0.190 e. The van der Waals surface area contributed by atoms with E-state index >= 15 is 0 Å². The lowest BCUT2D eigenvalue weighted by atomic mass is 10.1. The van der Waals surface area contributed by atoms with Crippen LogP contribution in [0.4, 0.5) is 0 Å². The zero-order chi connectivity index (χ0) is 17.0. The van der Waals surface area contributed by atoms with Crippen LogP contribution in [0.15, 0.2) is 23.5 Å². The lowest BCUT2D eigenvalue weighted by Crippen LogP contribution is -2.39. The Hall–Kier alpha value is -1.62. The van der Waals surface area contributed by atoms with Crippen LogP contribution in [-0.4, -0.2) is 55.6 Å². The molecule has 5 heteroatoms. The van der Waals surface area contributed by atoms with E-state index in [-0.39, 0.29) is 0 Å². The number of aliphatic imine (C=N–C) groups is 1. The predicted molar refractivity (Wildman–Crippen MR) is 102 cm³/mol. The van der Waals surface area contributed by atoms with Gasteiger partial charge in [-0.2, -0.15) is 0 Å². The summed E-state index contributed by atoms with van der Waals surface area (Å²) in [5.74, 6) is 0.901. The van der Waals surface area contributed by atoms with Gasteiger partial charge in [-0.1, -0.05) is 12.8 Å². The molecular weight excluding hydrogens is 298 g/mol. The highest BCUT2D eigenvalue weighted by atomic mass is 15.2. The van der Waals surface area contributed by atoms with E-state index in [1.165, 1.54) is 62.9 Å². The van der Waals surface area contributed by atoms with Gasteiger partial charge in [-0.05, 0) is 69.4 Å². The molecule has 2 N–H and O–H groups in total. The Bertz CT molecular complexity index is 492. The fourth-order valence-corrected chi connectivity index (χ4v) is 3.19. The van der Waals surface area contributed by atoms with E-state index in [0.29, 0.717) is 0 Å². The van der Waals surface area contributed by atoms with Crippen molar-refractivity contribution in [3.05, 3.63) is 29.6 Å². The maximum absolute atomic E-state index is 4.31. The first-order valence-electron chi connectivity index (χ1n) is 9.36. The molecule has 0 saturated carbocycles. The third-order valence-corrected chi connectivity index (χ3v) is 4.69. The van der Waals surface area contributed by atoms with E-state index in [9.17, 15) is 0 Å². The van der Waals surface area contributed by atoms with E-state index in [1.54, 1.807) is 0 Å². The van der Waals surface area contributed by atoms with Crippen molar-refractivity contribution in [3.8, 4) is 0 Å². The molecule has 0 atom stereocenters. The fraction of sp³-hybridized carbons (Fsp3) is 0.684. The number of nitrogens with one attached hydrogen (secondary N) is 2. The highest BCUT2D eigenvalue weighted by Crippen LogP contribution is 2.09. The quantitative estimate of drug-likeness (QED) is 0.457. The lowest BCUT2D eigenvalue weighted by molar-refractivity contribution is 0.282. The van der Waals surface area contributed by atoms with Crippen LogP contribution in [0.2, 0.25) is 0 Å². The predicted octanol–water partition coefficient (Wildman–Crippen LogP) is 2.36. The summed E-state index contributed by atoms with van der Waals surface area (Å²) < 4.78 is 0. The van der Waals surface area contributed by atoms with Crippen molar-refractivity contribution >= 4 is 5.96 Å². The first kappa shape index (κ1) is 18.7. The minimum absolute atomic E-state index is 0.886. The maximum atomic E-state index is 4.31. The molecule has 0 radical (unpaired) electrons. The summed E-state index contributed by atoms with van der Waals surface area (Å²) in [6.07, 6.45) is 11.5. The molecular formula is C19H33N5. The van der Waals surface area contributed by atoms with Crippen molar-refractivity contribution in [1.82, 2.24) is 20.5 Å². The lowest BCUT2D eigenvalue weighted by Gasteiger charge is -2.20. The second-order valence-corrected chi connectivity index (χ2v) is 6.59. The molecule has 24 heavy (non-hydrogen) atoms. The Morgan fingerprint density at radius 3 is 2.62 bits per heavy atom. The van der Waals surface area contributed by atoms with Crippen LogP contribution in [0.3, 0.4) is 0 Å². The van der Waals surface area contributed by atoms with Crippen LogP contribution >= 0.6 is 0 Å². The summed E-state index contributed by atoms with van der Waals surface area (Å²) >= 11 is 0. The number of pyridine rings is 1. The second kappa shape index (κ2) is 11.0. The molecule has 2 heterocycles. The van der Waals surface area contributed by atoms with E-state index in [1.807, 2.05) is 19.4 Å². The second-order valence-electron chi connectivity index (χ2n) is 6.59. The Morgan fingerprint density at radius 1 is 1.17 bits per heavy atom. The number of guanidine groups is 1. The number of hydrogen-bond donors (Lipinski definition) is 2. The van der Waals surface area contributed by atoms with Crippen molar-refractivity contribution in [2.45, 2.75) is 45.4 Å². The van der Waals surface area contributed by atoms with Crippen LogP contribution in [-0.2, 0) is 6.42 Å². The average molecular weight is 332 g/mol. The average Bonchev–Trinajstić information content (AvgIpc) is 2.87. The normalized spacial score (nSPS) is 16.7. The molecule has 0 aliphatic carbocycles. The third-order valence-electron chi connectivity index (χ3n) is 4.69. The SMILES string of the molecule is CN=C(NCCCN1CCCCCC1)NCCc1ccncc1C. The fourth-order valence-electron chi connectivity index (χ4n) is 3.19. The molecule has 1 saturated heterocycles. The molecule has 0 aromatic carbocycles. The summed E-state index contributed by atoms with van der Waals surface area (Å²) in [5, 5.41) is 6.82. The standard InChI is InChI=1S/C19H33N5/c1-17-16-21-11-8-18(17)9-12-23-19(20-2)22-10-7-15-24-13-5-3-4-6-14-24/h8,11,16H,3-7,9-10,12-15H2,1-2H3,(H2,20,22,23). The van der Waals surface area contributed by atoms with Crippen molar-refractivity contribution in [2.75, 3.05) is 39.8 Å². The molecule has 1 fully saturated rings.